The Balaban J connectivity index is 1.90. The van der Waals surface area contributed by atoms with Crippen LogP contribution in [0.5, 0.6) is 0 Å². The van der Waals surface area contributed by atoms with E-state index in [1.165, 1.54) is 0 Å². The molecule has 0 bridgehead atoms. The molecule has 1 aromatic heterocycles. The van der Waals surface area contributed by atoms with Gasteiger partial charge in [0.15, 0.2) is 0 Å². The average molecular weight is 240 g/mol. The van der Waals surface area contributed by atoms with Crippen LogP contribution in [0.15, 0.2) is 6.07 Å². The van der Waals surface area contributed by atoms with Crippen molar-refractivity contribution >= 4 is 17.3 Å². The Labute approximate surface area is 99.4 Å². The number of ether oxygens (including phenoxy) is 2. The number of rotatable bonds is 3. The van der Waals surface area contributed by atoms with Crippen LogP contribution < -0.4 is 0 Å². The van der Waals surface area contributed by atoms with Gasteiger partial charge in [-0.3, -0.25) is 0 Å². The fourth-order valence-electron chi connectivity index (χ4n) is 1.86. The molecule has 3 nitrogen and oxygen atoms in total. The van der Waals surface area contributed by atoms with Crippen LogP contribution in [0.4, 0.5) is 0 Å². The highest BCUT2D eigenvalue weighted by molar-refractivity contribution is 7.12. The second kappa shape index (κ2) is 4.97. The molecule has 1 unspecified atom stereocenters. The Kier molecular flexibility index (Phi) is 3.61. The minimum absolute atomic E-state index is 0.101. The zero-order chi connectivity index (χ0) is 11.5. The molecule has 16 heavy (non-hydrogen) atoms. The second-order valence-electron chi connectivity index (χ2n) is 4.06. The van der Waals surface area contributed by atoms with Crippen molar-refractivity contribution < 1.29 is 14.3 Å². The SMILES string of the molecule is Cc1cc(C(=O)OCC2CCCO2)c(C)s1. The highest BCUT2D eigenvalue weighted by Crippen LogP contribution is 2.21. The van der Waals surface area contributed by atoms with E-state index in [2.05, 4.69) is 0 Å². The number of hydrogen-bond acceptors (Lipinski definition) is 4. The van der Waals surface area contributed by atoms with E-state index >= 15 is 0 Å². The van der Waals surface area contributed by atoms with Crippen LogP contribution in [-0.2, 0) is 9.47 Å². The van der Waals surface area contributed by atoms with Gasteiger partial charge in [0.05, 0.1) is 11.7 Å². The normalized spacial score (nSPS) is 20.0. The third-order valence-electron chi connectivity index (χ3n) is 2.69. The lowest BCUT2D eigenvalue weighted by Crippen LogP contribution is -2.17. The fraction of sp³-hybridized carbons (Fsp3) is 0.583. The number of thiophene rings is 1. The first-order valence-electron chi connectivity index (χ1n) is 5.52. The van der Waals surface area contributed by atoms with E-state index in [0.29, 0.717) is 12.2 Å². The number of aryl methyl sites for hydroxylation is 2. The number of esters is 1. The summed E-state index contributed by atoms with van der Waals surface area (Å²) in [7, 11) is 0. The van der Waals surface area contributed by atoms with E-state index in [1.807, 2.05) is 19.9 Å². The minimum Gasteiger partial charge on any atom is -0.459 e. The zero-order valence-electron chi connectivity index (χ0n) is 9.62. The first-order valence-corrected chi connectivity index (χ1v) is 6.34. The van der Waals surface area contributed by atoms with E-state index < -0.39 is 0 Å². The van der Waals surface area contributed by atoms with E-state index in [1.54, 1.807) is 11.3 Å². The third-order valence-corrected chi connectivity index (χ3v) is 3.65. The highest BCUT2D eigenvalue weighted by Gasteiger charge is 2.19. The fourth-order valence-corrected chi connectivity index (χ4v) is 2.77. The number of carbonyl (C=O) groups is 1. The van der Waals surface area contributed by atoms with E-state index in [9.17, 15) is 4.79 Å². The topological polar surface area (TPSA) is 35.5 Å². The molecular formula is C12H16O3S. The molecule has 0 spiro atoms. The number of carbonyl (C=O) groups excluding carboxylic acids is 1. The standard InChI is InChI=1S/C12H16O3S/c1-8-6-11(9(2)16-8)12(13)15-7-10-4-3-5-14-10/h6,10H,3-5,7H2,1-2H3. The molecular weight excluding hydrogens is 224 g/mol. The van der Waals surface area contributed by atoms with Crippen molar-refractivity contribution in [1.82, 2.24) is 0 Å². The molecule has 0 N–H and O–H groups in total. The lowest BCUT2D eigenvalue weighted by Gasteiger charge is -2.09. The van der Waals surface area contributed by atoms with E-state index in [0.717, 1.165) is 29.2 Å². The predicted octanol–water partition coefficient (Wildman–Crippen LogP) is 2.70. The summed E-state index contributed by atoms with van der Waals surface area (Å²) in [5, 5.41) is 0. The van der Waals surface area contributed by atoms with E-state index in [4.69, 9.17) is 9.47 Å². The summed E-state index contributed by atoms with van der Waals surface area (Å²) in [4.78, 5) is 13.9. The summed E-state index contributed by atoms with van der Waals surface area (Å²) < 4.78 is 10.6. The summed E-state index contributed by atoms with van der Waals surface area (Å²) in [6.45, 7) is 5.11. The summed E-state index contributed by atoms with van der Waals surface area (Å²) in [6.07, 6.45) is 2.16. The van der Waals surface area contributed by atoms with Gasteiger partial charge in [-0.2, -0.15) is 0 Å². The molecule has 0 radical (unpaired) electrons. The number of hydrogen-bond donors (Lipinski definition) is 0. The maximum Gasteiger partial charge on any atom is 0.339 e. The maximum absolute atomic E-state index is 11.8. The van der Waals surface area contributed by atoms with Gasteiger partial charge >= 0.3 is 5.97 Å². The van der Waals surface area contributed by atoms with Gasteiger partial charge in [0.25, 0.3) is 0 Å². The van der Waals surface area contributed by atoms with Gasteiger partial charge < -0.3 is 9.47 Å². The molecule has 1 aliphatic rings. The molecule has 1 fully saturated rings. The van der Waals surface area contributed by atoms with Crippen molar-refractivity contribution in [1.29, 1.82) is 0 Å². The van der Waals surface area contributed by atoms with Gasteiger partial charge in [-0.15, -0.1) is 11.3 Å². The Bertz CT molecular complexity index is 378. The zero-order valence-corrected chi connectivity index (χ0v) is 10.4. The molecule has 1 aromatic rings. The highest BCUT2D eigenvalue weighted by atomic mass is 32.1. The first kappa shape index (κ1) is 11.6. The van der Waals surface area contributed by atoms with Crippen molar-refractivity contribution in [2.24, 2.45) is 0 Å². The largest absolute Gasteiger partial charge is 0.459 e. The Morgan fingerprint density at radius 3 is 3.00 bits per heavy atom. The Morgan fingerprint density at radius 2 is 2.44 bits per heavy atom. The van der Waals surface area contributed by atoms with Crippen molar-refractivity contribution in [2.75, 3.05) is 13.2 Å². The Hall–Kier alpha value is -0.870. The molecule has 0 amide bonds. The van der Waals surface area contributed by atoms with Crippen LogP contribution in [0.25, 0.3) is 0 Å². The van der Waals surface area contributed by atoms with Crippen LogP contribution in [0.3, 0.4) is 0 Å². The molecule has 2 rings (SSSR count). The van der Waals surface area contributed by atoms with Gasteiger partial charge in [-0.25, -0.2) is 4.79 Å². The maximum atomic E-state index is 11.8. The van der Waals surface area contributed by atoms with Crippen molar-refractivity contribution in [2.45, 2.75) is 32.8 Å². The Morgan fingerprint density at radius 1 is 1.62 bits per heavy atom. The van der Waals surface area contributed by atoms with Gasteiger partial charge in [-0.05, 0) is 32.8 Å². The first-order chi connectivity index (χ1) is 7.66. The van der Waals surface area contributed by atoms with Crippen LogP contribution in [0.1, 0.15) is 33.0 Å². The second-order valence-corrected chi connectivity index (χ2v) is 5.52. The molecule has 0 saturated carbocycles. The molecule has 2 heterocycles. The van der Waals surface area contributed by atoms with E-state index in [-0.39, 0.29) is 12.1 Å². The summed E-state index contributed by atoms with van der Waals surface area (Å²) in [5.41, 5.74) is 0.695. The lowest BCUT2D eigenvalue weighted by atomic mass is 10.2. The quantitative estimate of drug-likeness (QED) is 0.762. The molecule has 0 aromatic carbocycles. The van der Waals surface area contributed by atoms with Crippen LogP contribution in [-0.4, -0.2) is 25.3 Å². The molecule has 88 valence electrons. The van der Waals surface area contributed by atoms with Crippen LogP contribution >= 0.6 is 11.3 Å². The molecule has 1 aliphatic heterocycles. The molecule has 1 atom stereocenters. The van der Waals surface area contributed by atoms with Crippen LogP contribution in [0, 0.1) is 13.8 Å². The molecule has 1 saturated heterocycles. The summed E-state index contributed by atoms with van der Waals surface area (Å²) in [6, 6.07) is 1.89. The summed E-state index contributed by atoms with van der Waals surface area (Å²) >= 11 is 1.62. The lowest BCUT2D eigenvalue weighted by molar-refractivity contribution is 0.0161. The molecule has 4 heteroatoms. The van der Waals surface area contributed by atoms with Crippen molar-refractivity contribution in [3.8, 4) is 0 Å². The van der Waals surface area contributed by atoms with Gasteiger partial charge in [0, 0.05) is 16.4 Å². The summed E-state index contributed by atoms with van der Waals surface area (Å²) in [5.74, 6) is -0.225. The van der Waals surface area contributed by atoms with Crippen molar-refractivity contribution in [3.63, 3.8) is 0 Å². The predicted molar refractivity (Wildman–Crippen MR) is 63.0 cm³/mol. The average Bonchev–Trinajstić information content (AvgIpc) is 2.84. The van der Waals surface area contributed by atoms with Crippen LogP contribution in [0.2, 0.25) is 0 Å². The monoisotopic (exact) mass is 240 g/mol. The smallest absolute Gasteiger partial charge is 0.339 e. The third kappa shape index (κ3) is 2.62. The minimum atomic E-state index is -0.225. The molecule has 0 aliphatic carbocycles. The van der Waals surface area contributed by atoms with Crippen molar-refractivity contribution in [3.05, 3.63) is 21.4 Å². The van der Waals surface area contributed by atoms with Gasteiger partial charge in [-0.1, -0.05) is 0 Å². The van der Waals surface area contributed by atoms with Gasteiger partial charge in [0.2, 0.25) is 0 Å². The van der Waals surface area contributed by atoms with Gasteiger partial charge in [0.1, 0.15) is 6.61 Å².